The molecule has 3 aromatic rings. The van der Waals surface area contributed by atoms with Crippen molar-refractivity contribution < 1.29 is 9.90 Å². The van der Waals surface area contributed by atoms with Crippen LogP contribution in [0.2, 0.25) is 0 Å². The maximum atomic E-state index is 11.7. The molecule has 1 atom stereocenters. The van der Waals surface area contributed by atoms with Crippen molar-refractivity contribution in [3.8, 4) is 0 Å². The zero-order valence-corrected chi connectivity index (χ0v) is 13.1. The fraction of sp³-hybridized carbons (Fsp3) is 0.263. The minimum absolute atomic E-state index is 0.536. The van der Waals surface area contributed by atoms with Gasteiger partial charge in [0.25, 0.3) is 0 Å². The number of rotatable bonds is 6. The summed E-state index contributed by atoms with van der Waals surface area (Å²) in [4.78, 5) is 16.3. The summed E-state index contributed by atoms with van der Waals surface area (Å²) in [5.74, 6) is 0.0286. The van der Waals surface area contributed by atoms with Gasteiger partial charge in [0.15, 0.2) is 0 Å². The molecule has 3 rings (SSSR count). The molecule has 0 aliphatic heterocycles. The van der Waals surface area contributed by atoms with Crippen molar-refractivity contribution in [2.45, 2.75) is 32.2 Å². The SMILES string of the molecule is CCC(C(=O)O)n1c(CCc2ccccc2)nc2ccccc21. The maximum absolute atomic E-state index is 11.7. The van der Waals surface area contributed by atoms with E-state index in [9.17, 15) is 9.90 Å². The Hall–Kier alpha value is -2.62. The minimum atomic E-state index is -0.809. The van der Waals surface area contributed by atoms with Gasteiger partial charge in [0, 0.05) is 6.42 Å². The van der Waals surface area contributed by atoms with Crippen molar-refractivity contribution in [1.82, 2.24) is 9.55 Å². The van der Waals surface area contributed by atoms with Crippen LogP contribution in [0.1, 0.15) is 30.8 Å². The number of carbonyl (C=O) groups is 1. The fourth-order valence-corrected chi connectivity index (χ4v) is 2.99. The van der Waals surface area contributed by atoms with Crippen LogP contribution < -0.4 is 0 Å². The second-order valence-electron chi connectivity index (χ2n) is 5.63. The van der Waals surface area contributed by atoms with E-state index in [-0.39, 0.29) is 0 Å². The number of aliphatic carboxylic acids is 1. The van der Waals surface area contributed by atoms with Gasteiger partial charge < -0.3 is 9.67 Å². The number of carboxylic acid groups (broad SMARTS) is 1. The zero-order valence-electron chi connectivity index (χ0n) is 13.1. The average molecular weight is 308 g/mol. The third kappa shape index (κ3) is 3.11. The number of fused-ring (bicyclic) bond motifs is 1. The van der Waals surface area contributed by atoms with Crippen molar-refractivity contribution >= 4 is 17.0 Å². The number of carboxylic acids is 1. The molecule has 1 aromatic heterocycles. The van der Waals surface area contributed by atoms with E-state index in [0.717, 1.165) is 29.7 Å². The molecule has 0 saturated carbocycles. The van der Waals surface area contributed by atoms with Crippen LogP contribution >= 0.6 is 0 Å². The molecule has 1 heterocycles. The molecule has 1 N–H and O–H groups in total. The Morgan fingerprint density at radius 1 is 1.09 bits per heavy atom. The Kier molecular flexibility index (Phi) is 4.42. The van der Waals surface area contributed by atoms with Crippen LogP contribution in [0.5, 0.6) is 0 Å². The molecule has 0 fully saturated rings. The van der Waals surface area contributed by atoms with E-state index in [1.165, 1.54) is 5.56 Å². The van der Waals surface area contributed by atoms with E-state index in [1.807, 2.05) is 54.0 Å². The number of hydrogen-bond donors (Lipinski definition) is 1. The summed E-state index contributed by atoms with van der Waals surface area (Å²) in [6.45, 7) is 1.90. The predicted molar refractivity (Wildman–Crippen MR) is 90.5 cm³/mol. The molecule has 118 valence electrons. The Labute approximate surface area is 135 Å². The van der Waals surface area contributed by atoms with Gasteiger partial charge >= 0.3 is 5.97 Å². The molecular weight excluding hydrogens is 288 g/mol. The lowest BCUT2D eigenvalue weighted by Crippen LogP contribution is -2.20. The molecule has 0 radical (unpaired) electrons. The number of aromatic nitrogens is 2. The maximum Gasteiger partial charge on any atom is 0.326 e. The second-order valence-corrected chi connectivity index (χ2v) is 5.63. The lowest BCUT2D eigenvalue weighted by Gasteiger charge is -2.16. The number of imidazole rings is 1. The first-order valence-electron chi connectivity index (χ1n) is 7.93. The van der Waals surface area contributed by atoms with E-state index in [2.05, 4.69) is 17.1 Å². The van der Waals surface area contributed by atoms with Crippen LogP contribution in [-0.2, 0) is 17.6 Å². The molecule has 4 heteroatoms. The van der Waals surface area contributed by atoms with Crippen LogP contribution in [0.3, 0.4) is 0 Å². The summed E-state index contributed by atoms with van der Waals surface area (Å²) in [7, 11) is 0. The Balaban J connectivity index is 1.99. The predicted octanol–water partition coefficient (Wildman–Crippen LogP) is 3.86. The minimum Gasteiger partial charge on any atom is -0.480 e. The molecule has 0 bridgehead atoms. The number of nitrogens with zero attached hydrogens (tertiary/aromatic N) is 2. The van der Waals surface area contributed by atoms with Gasteiger partial charge in [-0.25, -0.2) is 9.78 Å². The highest BCUT2D eigenvalue weighted by Crippen LogP contribution is 2.24. The summed E-state index contributed by atoms with van der Waals surface area (Å²) >= 11 is 0. The van der Waals surface area contributed by atoms with Crippen LogP contribution in [0.4, 0.5) is 0 Å². The molecule has 23 heavy (non-hydrogen) atoms. The van der Waals surface area contributed by atoms with Crippen LogP contribution in [0.25, 0.3) is 11.0 Å². The Bertz CT molecular complexity index is 809. The molecule has 2 aromatic carbocycles. The highest BCUT2D eigenvalue weighted by Gasteiger charge is 2.23. The average Bonchev–Trinajstić information content (AvgIpc) is 2.93. The van der Waals surface area contributed by atoms with Crippen molar-refractivity contribution in [3.05, 3.63) is 66.0 Å². The monoisotopic (exact) mass is 308 g/mol. The summed E-state index contributed by atoms with van der Waals surface area (Å²) < 4.78 is 1.89. The Morgan fingerprint density at radius 2 is 1.78 bits per heavy atom. The molecular formula is C19H20N2O2. The van der Waals surface area contributed by atoms with Gasteiger partial charge in [-0.15, -0.1) is 0 Å². The third-order valence-electron chi connectivity index (χ3n) is 4.13. The van der Waals surface area contributed by atoms with Gasteiger partial charge in [-0.2, -0.15) is 0 Å². The first-order chi connectivity index (χ1) is 11.2. The normalized spacial score (nSPS) is 12.4. The number of para-hydroxylation sites is 2. The van der Waals surface area contributed by atoms with E-state index in [1.54, 1.807) is 0 Å². The molecule has 0 spiro atoms. The second kappa shape index (κ2) is 6.65. The van der Waals surface area contributed by atoms with Crippen molar-refractivity contribution in [2.75, 3.05) is 0 Å². The highest BCUT2D eigenvalue weighted by atomic mass is 16.4. The molecule has 0 saturated heterocycles. The van der Waals surface area contributed by atoms with E-state index in [0.29, 0.717) is 6.42 Å². The lowest BCUT2D eigenvalue weighted by molar-refractivity contribution is -0.140. The van der Waals surface area contributed by atoms with Crippen LogP contribution in [-0.4, -0.2) is 20.6 Å². The topological polar surface area (TPSA) is 55.1 Å². The quantitative estimate of drug-likeness (QED) is 0.752. The highest BCUT2D eigenvalue weighted by molar-refractivity contribution is 5.80. The van der Waals surface area contributed by atoms with Gasteiger partial charge in [-0.05, 0) is 30.5 Å². The summed E-state index contributed by atoms with van der Waals surface area (Å²) in [6, 6.07) is 17.4. The lowest BCUT2D eigenvalue weighted by atomic mass is 10.1. The summed E-state index contributed by atoms with van der Waals surface area (Å²) in [6.07, 6.45) is 2.11. The zero-order chi connectivity index (χ0) is 16.2. The van der Waals surface area contributed by atoms with Crippen LogP contribution in [0, 0.1) is 0 Å². The van der Waals surface area contributed by atoms with Crippen molar-refractivity contribution in [2.24, 2.45) is 0 Å². The van der Waals surface area contributed by atoms with E-state index >= 15 is 0 Å². The Morgan fingerprint density at radius 3 is 2.48 bits per heavy atom. The van der Waals surface area contributed by atoms with Crippen molar-refractivity contribution in [1.29, 1.82) is 0 Å². The van der Waals surface area contributed by atoms with Gasteiger partial charge in [0.2, 0.25) is 0 Å². The molecule has 4 nitrogen and oxygen atoms in total. The number of aryl methyl sites for hydroxylation is 2. The van der Waals surface area contributed by atoms with Gasteiger partial charge in [-0.3, -0.25) is 0 Å². The molecule has 1 unspecified atom stereocenters. The van der Waals surface area contributed by atoms with E-state index in [4.69, 9.17) is 0 Å². The third-order valence-corrected chi connectivity index (χ3v) is 4.13. The van der Waals surface area contributed by atoms with E-state index < -0.39 is 12.0 Å². The number of benzene rings is 2. The van der Waals surface area contributed by atoms with Gasteiger partial charge in [0.05, 0.1) is 11.0 Å². The number of hydrogen-bond acceptors (Lipinski definition) is 2. The van der Waals surface area contributed by atoms with Crippen LogP contribution in [0.15, 0.2) is 54.6 Å². The first kappa shape index (κ1) is 15.3. The standard InChI is InChI=1S/C19H20N2O2/c1-2-16(19(22)23)21-17-11-7-6-10-15(17)20-18(21)13-12-14-8-4-3-5-9-14/h3-11,16H,2,12-13H2,1H3,(H,22,23). The summed E-state index contributed by atoms with van der Waals surface area (Å²) in [5.41, 5.74) is 2.98. The van der Waals surface area contributed by atoms with Gasteiger partial charge in [0.1, 0.15) is 11.9 Å². The van der Waals surface area contributed by atoms with Gasteiger partial charge in [-0.1, -0.05) is 49.4 Å². The summed E-state index contributed by atoms with van der Waals surface area (Å²) in [5, 5.41) is 9.57. The molecule has 0 aliphatic rings. The first-order valence-corrected chi connectivity index (χ1v) is 7.93. The fourth-order valence-electron chi connectivity index (χ4n) is 2.99. The molecule has 0 amide bonds. The van der Waals surface area contributed by atoms with Crippen molar-refractivity contribution in [3.63, 3.8) is 0 Å². The molecule has 0 aliphatic carbocycles. The largest absolute Gasteiger partial charge is 0.480 e. The smallest absolute Gasteiger partial charge is 0.326 e.